The first kappa shape index (κ1) is 18.0. The fraction of sp³-hybridized carbons (Fsp3) is 1.00. The number of rotatable bonds is 7. The van der Waals surface area contributed by atoms with Gasteiger partial charge in [-0.05, 0) is 69.4 Å². The molecule has 2 heteroatoms. The normalized spacial score (nSPS) is 26.6. The molecular formula is C18H37NO. The van der Waals surface area contributed by atoms with Crippen LogP contribution in [0.2, 0.25) is 0 Å². The fourth-order valence-corrected chi connectivity index (χ4v) is 3.39. The minimum Gasteiger partial charge on any atom is -0.381 e. The Morgan fingerprint density at radius 2 is 1.85 bits per heavy atom. The molecule has 3 unspecified atom stereocenters. The highest BCUT2D eigenvalue weighted by molar-refractivity contribution is 4.73. The second kappa shape index (κ2) is 9.78. The average molecular weight is 284 g/mol. The van der Waals surface area contributed by atoms with Crippen LogP contribution in [-0.4, -0.2) is 38.3 Å². The molecule has 0 bridgehead atoms. The number of hydrogen-bond acceptors (Lipinski definition) is 2. The molecule has 0 amide bonds. The number of ether oxygens (including phenoxy) is 1. The van der Waals surface area contributed by atoms with Crippen LogP contribution in [0.5, 0.6) is 0 Å². The monoisotopic (exact) mass is 283 g/mol. The molecule has 3 atom stereocenters. The molecule has 120 valence electrons. The first-order chi connectivity index (χ1) is 9.49. The van der Waals surface area contributed by atoms with E-state index < -0.39 is 0 Å². The predicted molar refractivity (Wildman–Crippen MR) is 88.1 cm³/mol. The third kappa shape index (κ3) is 7.64. The van der Waals surface area contributed by atoms with Gasteiger partial charge in [0.05, 0.1) is 0 Å². The summed E-state index contributed by atoms with van der Waals surface area (Å²) in [6.07, 6.45) is 6.58. The molecule has 0 N–H and O–H groups in total. The Hall–Kier alpha value is -0.0800. The van der Waals surface area contributed by atoms with Gasteiger partial charge < -0.3 is 9.64 Å². The lowest BCUT2D eigenvalue weighted by molar-refractivity contribution is 0.0669. The first-order valence-corrected chi connectivity index (χ1v) is 8.75. The van der Waals surface area contributed by atoms with Crippen LogP contribution in [0.3, 0.4) is 0 Å². The molecule has 0 aliphatic carbocycles. The van der Waals surface area contributed by atoms with Crippen LogP contribution in [0, 0.1) is 23.7 Å². The topological polar surface area (TPSA) is 12.5 Å². The van der Waals surface area contributed by atoms with E-state index in [1.165, 1.54) is 45.2 Å². The van der Waals surface area contributed by atoms with Gasteiger partial charge in [-0.1, -0.05) is 27.7 Å². The van der Waals surface area contributed by atoms with E-state index >= 15 is 0 Å². The van der Waals surface area contributed by atoms with E-state index in [2.05, 4.69) is 39.6 Å². The fourth-order valence-electron chi connectivity index (χ4n) is 3.39. The molecule has 1 fully saturated rings. The maximum atomic E-state index is 5.71. The average Bonchev–Trinajstić information content (AvgIpc) is 2.32. The van der Waals surface area contributed by atoms with Crippen molar-refractivity contribution in [3.05, 3.63) is 0 Å². The Labute approximate surface area is 127 Å². The van der Waals surface area contributed by atoms with Gasteiger partial charge in [0.2, 0.25) is 0 Å². The largest absolute Gasteiger partial charge is 0.381 e. The lowest BCUT2D eigenvalue weighted by Gasteiger charge is -2.31. The summed E-state index contributed by atoms with van der Waals surface area (Å²) in [5.41, 5.74) is 0. The van der Waals surface area contributed by atoms with Crippen molar-refractivity contribution in [3.63, 3.8) is 0 Å². The zero-order valence-electron chi connectivity index (χ0n) is 14.5. The van der Waals surface area contributed by atoms with Crippen molar-refractivity contribution >= 4 is 0 Å². The van der Waals surface area contributed by atoms with Crippen LogP contribution in [-0.2, 0) is 4.74 Å². The van der Waals surface area contributed by atoms with Gasteiger partial charge in [0.1, 0.15) is 0 Å². The quantitative estimate of drug-likeness (QED) is 0.685. The SMILES string of the molecule is CC(C)CCCN(C)CC(C)C1CCOCCC(C)C1. The molecule has 0 spiro atoms. The highest BCUT2D eigenvalue weighted by Crippen LogP contribution is 2.28. The highest BCUT2D eigenvalue weighted by Gasteiger charge is 2.22. The van der Waals surface area contributed by atoms with Gasteiger partial charge in [0.25, 0.3) is 0 Å². The number of nitrogens with zero attached hydrogens (tertiary/aromatic N) is 1. The van der Waals surface area contributed by atoms with E-state index in [-0.39, 0.29) is 0 Å². The standard InChI is InChI=1S/C18H37NO/c1-15(2)7-6-10-19(5)14-17(4)18-9-12-20-11-8-16(3)13-18/h15-18H,6-14H2,1-5H3. The Bertz CT molecular complexity index is 242. The highest BCUT2D eigenvalue weighted by atomic mass is 16.5. The molecule has 0 radical (unpaired) electrons. The lowest BCUT2D eigenvalue weighted by Crippen LogP contribution is -2.31. The molecule has 1 heterocycles. The first-order valence-electron chi connectivity index (χ1n) is 8.75. The molecule has 1 rings (SSSR count). The van der Waals surface area contributed by atoms with Gasteiger partial charge in [-0.3, -0.25) is 0 Å². The molecule has 0 saturated carbocycles. The molecule has 0 aromatic carbocycles. The van der Waals surface area contributed by atoms with E-state index in [4.69, 9.17) is 4.74 Å². The third-order valence-electron chi connectivity index (χ3n) is 4.82. The van der Waals surface area contributed by atoms with Crippen LogP contribution < -0.4 is 0 Å². The van der Waals surface area contributed by atoms with Gasteiger partial charge in [0, 0.05) is 19.8 Å². The molecule has 0 aromatic heterocycles. The van der Waals surface area contributed by atoms with E-state index in [1.807, 2.05) is 0 Å². The van der Waals surface area contributed by atoms with E-state index in [0.717, 1.165) is 36.9 Å². The Morgan fingerprint density at radius 1 is 1.15 bits per heavy atom. The third-order valence-corrected chi connectivity index (χ3v) is 4.82. The van der Waals surface area contributed by atoms with Crippen molar-refractivity contribution in [2.75, 3.05) is 33.4 Å². The van der Waals surface area contributed by atoms with Gasteiger partial charge in [0.15, 0.2) is 0 Å². The Kier molecular flexibility index (Phi) is 8.79. The van der Waals surface area contributed by atoms with Crippen molar-refractivity contribution in [1.82, 2.24) is 4.90 Å². The van der Waals surface area contributed by atoms with Crippen LogP contribution in [0.1, 0.15) is 59.8 Å². The van der Waals surface area contributed by atoms with Crippen molar-refractivity contribution in [2.45, 2.75) is 59.8 Å². The zero-order valence-corrected chi connectivity index (χ0v) is 14.5. The molecule has 0 aromatic rings. The second-order valence-corrected chi connectivity index (χ2v) is 7.57. The summed E-state index contributed by atoms with van der Waals surface area (Å²) in [4.78, 5) is 2.54. The molecular weight excluding hydrogens is 246 g/mol. The van der Waals surface area contributed by atoms with Crippen molar-refractivity contribution in [1.29, 1.82) is 0 Å². The van der Waals surface area contributed by atoms with Gasteiger partial charge in [-0.2, -0.15) is 0 Å². The molecule has 1 aliphatic rings. The molecule has 2 nitrogen and oxygen atoms in total. The Balaban J connectivity index is 2.29. The molecule has 20 heavy (non-hydrogen) atoms. The summed E-state index contributed by atoms with van der Waals surface area (Å²) >= 11 is 0. The summed E-state index contributed by atoms with van der Waals surface area (Å²) in [5.74, 6) is 3.31. The minimum absolute atomic E-state index is 0.795. The molecule has 1 saturated heterocycles. The van der Waals surface area contributed by atoms with Gasteiger partial charge in [-0.25, -0.2) is 0 Å². The maximum Gasteiger partial charge on any atom is 0.0468 e. The summed E-state index contributed by atoms with van der Waals surface area (Å²) in [7, 11) is 2.29. The van der Waals surface area contributed by atoms with E-state index in [1.54, 1.807) is 0 Å². The van der Waals surface area contributed by atoms with Gasteiger partial charge >= 0.3 is 0 Å². The summed E-state index contributed by atoms with van der Waals surface area (Å²) in [6, 6.07) is 0. The lowest BCUT2D eigenvalue weighted by atomic mass is 9.82. The van der Waals surface area contributed by atoms with Crippen LogP contribution in [0.25, 0.3) is 0 Å². The number of hydrogen-bond donors (Lipinski definition) is 0. The van der Waals surface area contributed by atoms with Gasteiger partial charge in [-0.15, -0.1) is 0 Å². The van der Waals surface area contributed by atoms with Crippen molar-refractivity contribution in [3.8, 4) is 0 Å². The van der Waals surface area contributed by atoms with E-state index in [0.29, 0.717) is 0 Å². The van der Waals surface area contributed by atoms with Crippen molar-refractivity contribution in [2.24, 2.45) is 23.7 Å². The van der Waals surface area contributed by atoms with E-state index in [9.17, 15) is 0 Å². The summed E-state index contributed by atoms with van der Waals surface area (Å²) in [5, 5.41) is 0. The van der Waals surface area contributed by atoms with Crippen LogP contribution in [0.4, 0.5) is 0 Å². The van der Waals surface area contributed by atoms with Crippen LogP contribution in [0.15, 0.2) is 0 Å². The smallest absolute Gasteiger partial charge is 0.0468 e. The van der Waals surface area contributed by atoms with Crippen LogP contribution >= 0.6 is 0 Å². The zero-order chi connectivity index (χ0) is 15.0. The Morgan fingerprint density at radius 3 is 2.55 bits per heavy atom. The summed E-state index contributed by atoms with van der Waals surface area (Å²) in [6.45, 7) is 13.9. The molecule has 1 aliphatic heterocycles. The predicted octanol–water partition coefficient (Wildman–Crippen LogP) is 4.44. The second-order valence-electron chi connectivity index (χ2n) is 7.57. The minimum atomic E-state index is 0.795. The van der Waals surface area contributed by atoms with Crippen molar-refractivity contribution < 1.29 is 4.74 Å². The summed E-state index contributed by atoms with van der Waals surface area (Å²) < 4.78 is 5.71. The maximum absolute atomic E-state index is 5.71.